The molecule has 1 spiro atoms. The number of piperidine rings is 1. The van der Waals surface area contributed by atoms with Crippen LogP contribution in [-0.4, -0.2) is 36.1 Å². The zero-order valence-electron chi connectivity index (χ0n) is 11.4. The van der Waals surface area contributed by atoms with E-state index in [1.54, 1.807) is 0 Å². The van der Waals surface area contributed by atoms with Crippen molar-refractivity contribution >= 4 is 0 Å². The van der Waals surface area contributed by atoms with Crippen LogP contribution >= 0.6 is 0 Å². The topological polar surface area (TPSA) is 15.3 Å². The molecule has 0 radical (unpaired) electrons. The molecule has 1 atom stereocenters. The molecule has 98 valence electrons. The van der Waals surface area contributed by atoms with Gasteiger partial charge in [0.1, 0.15) is 0 Å². The first-order valence-corrected chi connectivity index (χ1v) is 7.78. The molecule has 0 amide bonds. The molecule has 3 aliphatic rings. The molecule has 17 heavy (non-hydrogen) atoms. The van der Waals surface area contributed by atoms with Crippen molar-refractivity contribution in [2.45, 2.75) is 69.9 Å². The van der Waals surface area contributed by atoms with E-state index >= 15 is 0 Å². The lowest BCUT2D eigenvalue weighted by molar-refractivity contribution is -0.00549. The van der Waals surface area contributed by atoms with Gasteiger partial charge in [-0.05, 0) is 64.0 Å². The molecule has 2 aliphatic heterocycles. The second-order valence-corrected chi connectivity index (χ2v) is 6.72. The van der Waals surface area contributed by atoms with Gasteiger partial charge in [0.25, 0.3) is 0 Å². The Morgan fingerprint density at radius 1 is 1.06 bits per heavy atom. The first-order chi connectivity index (χ1) is 8.30. The summed E-state index contributed by atoms with van der Waals surface area (Å²) in [6, 6.07) is 0.896. The van der Waals surface area contributed by atoms with Crippen molar-refractivity contribution in [2.75, 3.05) is 19.6 Å². The summed E-state index contributed by atoms with van der Waals surface area (Å²) in [5, 5.41) is 3.74. The Morgan fingerprint density at radius 2 is 1.88 bits per heavy atom. The molecule has 3 fully saturated rings. The Hall–Kier alpha value is -0.0800. The van der Waals surface area contributed by atoms with Crippen LogP contribution in [0.3, 0.4) is 0 Å². The van der Waals surface area contributed by atoms with Crippen LogP contribution in [0.2, 0.25) is 0 Å². The average molecular weight is 236 g/mol. The predicted molar refractivity (Wildman–Crippen MR) is 72.2 cm³/mol. The van der Waals surface area contributed by atoms with E-state index < -0.39 is 0 Å². The highest BCUT2D eigenvalue weighted by Crippen LogP contribution is 2.40. The largest absolute Gasteiger partial charge is 0.315 e. The third-order valence-corrected chi connectivity index (χ3v) is 5.55. The summed E-state index contributed by atoms with van der Waals surface area (Å²) in [4.78, 5) is 2.93. The van der Waals surface area contributed by atoms with Gasteiger partial charge in [-0.15, -0.1) is 0 Å². The van der Waals surface area contributed by atoms with Gasteiger partial charge in [0.05, 0.1) is 0 Å². The van der Waals surface area contributed by atoms with E-state index in [2.05, 4.69) is 17.1 Å². The maximum atomic E-state index is 3.74. The number of hydrogen-bond acceptors (Lipinski definition) is 2. The Bertz CT molecular complexity index is 256. The summed E-state index contributed by atoms with van der Waals surface area (Å²) >= 11 is 0. The van der Waals surface area contributed by atoms with E-state index in [-0.39, 0.29) is 0 Å². The van der Waals surface area contributed by atoms with Gasteiger partial charge in [-0.1, -0.05) is 13.3 Å². The Labute approximate surface area is 106 Å². The number of nitrogens with zero attached hydrogens (tertiary/aromatic N) is 1. The third-order valence-electron chi connectivity index (χ3n) is 5.55. The van der Waals surface area contributed by atoms with Gasteiger partial charge in [-0.3, -0.25) is 4.90 Å². The van der Waals surface area contributed by atoms with Crippen LogP contribution in [0.15, 0.2) is 0 Å². The molecule has 1 unspecified atom stereocenters. The number of nitrogens with one attached hydrogen (secondary N) is 1. The molecule has 0 aromatic heterocycles. The molecule has 1 saturated carbocycles. The minimum absolute atomic E-state index is 0.536. The molecule has 0 aromatic carbocycles. The third kappa shape index (κ3) is 2.26. The molecule has 2 heteroatoms. The van der Waals surface area contributed by atoms with Crippen molar-refractivity contribution in [2.24, 2.45) is 5.92 Å². The smallest absolute Gasteiger partial charge is 0.0337 e. The molecule has 3 rings (SSSR count). The standard InChI is InChI=1S/C15H28N2/c1-13-5-8-15(9-6-13)12-16-10-7-14-4-2-3-11-17(14)15/h13-14,16H,2-12H2,1H3. The van der Waals surface area contributed by atoms with Crippen molar-refractivity contribution in [1.29, 1.82) is 0 Å². The number of hydrogen-bond donors (Lipinski definition) is 1. The zero-order valence-corrected chi connectivity index (χ0v) is 11.4. The van der Waals surface area contributed by atoms with Gasteiger partial charge in [0.2, 0.25) is 0 Å². The summed E-state index contributed by atoms with van der Waals surface area (Å²) in [7, 11) is 0. The van der Waals surface area contributed by atoms with Crippen molar-refractivity contribution in [3.63, 3.8) is 0 Å². The number of fused-ring (bicyclic) bond motifs is 2. The van der Waals surface area contributed by atoms with Crippen LogP contribution in [0.25, 0.3) is 0 Å². The fraction of sp³-hybridized carbons (Fsp3) is 1.00. The van der Waals surface area contributed by atoms with Gasteiger partial charge in [-0.2, -0.15) is 0 Å². The lowest BCUT2D eigenvalue weighted by Crippen LogP contribution is -2.59. The van der Waals surface area contributed by atoms with E-state index in [9.17, 15) is 0 Å². The van der Waals surface area contributed by atoms with Crippen LogP contribution in [0.4, 0.5) is 0 Å². The molecule has 2 nitrogen and oxygen atoms in total. The SMILES string of the molecule is CC1CCC2(CC1)CNCCC1CCCCN12. The van der Waals surface area contributed by atoms with Crippen LogP contribution in [0.1, 0.15) is 58.3 Å². The average Bonchev–Trinajstić information content (AvgIpc) is 2.54. The summed E-state index contributed by atoms with van der Waals surface area (Å²) in [5.41, 5.74) is 0.536. The van der Waals surface area contributed by atoms with Gasteiger partial charge in [0.15, 0.2) is 0 Å². The van der Waals surface area contributed by atoms with E-state index in [1.165, 1.54) is 71.0 Å². The maximum absolute atomic E-state index is 3.74. The lowest BCUT2D eigenvalue weighted by Gasteiger charge is -2.51. The minimum Gasteiger partial charge on any atom is -0.315 e. The van der Waals surface area contributed by atoms with Gasteiger partial charge < -0.3 is 5.32 Å². The quantitative estimate of drug-likeness (QED) is 0.696. The molecular weight excluding hydrogens is 208 g/mol. The normalized spacial score (nSPS) is 44.3. The first kappa shape index (κ1) is 12.0. The molecule has 2 saturated heterocycles. The Balaban J connectivity index is 1.79. The highest BCUT2D eigenvalue weighted by molar-refractivity contribution is 5.01. The van der Waals surface area contributed by atoms with Gasteiger partial charge in [0, 0.05) is 18.1 Å². The number of rotatable bonds is 0. The van der Waals surface area contributed by atoms with Crippen LogP contribution in [0.5, 0.6) is 0 Å². The van der Waals surface area contributed by atoms with Crippen LogP contribution < -0.4 is 5.32 Å². The molecule has 2 heterocycles. The molecule has 0 aromatic rings. The zero-order chi connectivity index (χ0) is 11.7. The molecule has 1 N–H and O–H groups in total. The highest BCUT2D eigenvalue weighted by Gasteiger charge is 2.43. The molecule has 1 aliphatic carbocycles. The maximum Gasteiger partial charge on any atom is 0.0337 e. The fourth-order valence-electron chi connectivity index (χ4n) is 4.38. The lowest BCUT2D eigenvalue weighted by atomic mass is 9.74. The van der Waals surface area contributed by atoms with Crippen molar-refractivity contribution < 1.29 is 0 Å². The second-order valence-electron chi connectivity index (χ2n) is 6.72. The van der Waals surface area contributed by atoms with Gasteiger partial charge >= 0.3 is 0 Å². The molecular formula is C15H28N2. The summed E-state index contributed by atoms with van der Waals surface area (Å²) in [5.74, 6) is 0.965. The summed E-state index contributed by atoms with van der Waals surface area (Å²) < 4.78 is 0. The monoisotopic (exact) mass is 236 g/mol. The van der Waals surface area contributed by atoms with Crippen molar-refractivity contribution in [3.8, 4) is 0 Å². The first-order valence-electron chi connectivity index (χ1n) is 7.78. The van der Waals surface area contributed by atoms with Crippen LogP contribution in [0, 0.1) is 5.92 Å². The van der Waals surface area contributed by atoms with E-state index in [4.69, 9.17) is 0 Å². The van der Waals surface area contributed by atoms with Crippen LogP contribution in [-0.2, 0) is 0 Å². The minimum atomic E-state index is 0.536. The van der Waals surface area contributed by atoms with Gasteiger partial charge in [-0.25, -0.2) is 0 Å². The Morgan fingerprint density at radius 3 is 2.71 bits per heavy atom. The predicted octanol–water partition coefficient (Wildman–Crippen LogP) is 2.78. The van der Waals surface area contributed by atoms with Crippen molar-refractivity contribution in [3.05, 3.63) is 0 Å². The van der Waals surface area contributed by atoms with E-state index in [0.717, 1.165) is 12.0 Å². The highest BCUT2D eigenvalue weighted by atomic mass is 15.3. The second kappa shape index (κ2) is 4.89. The van der Waals surface area contributed by atoms with E-state index in [1.807, 2.05) is 0 Å². The van der Waals surface area contributed by atoms with Crippen molar-refractivity contribution in [1.82, 2.24) is 10.2 Å². The Kier molecular flexibility index (Phi) is 3.45. The van der Waals surface area contributed by atoms with E-state index in [0.29, 0.717) is 5.54 Å². The summed E-state index contributed by atoms with van der Waals surface area (Å²) in [6.07, 6.45) is 11.5. The molecule has 0 bridgehead atoms. The fourth-order valence-corrected chi connectivity index (χ4v) is 4.38. The summed E-state index contributed by atoms with van der Waals surface area (Å²) in [6.45, 7) is 6.32.